The highest BCUT2D eigenvalue weighted by Gasteiger charge is 2.10. The van der Waals surface area contributed by atoms with Crippen molar-refractivity contribution in [2.45, 2.75) is 0 Å². The van der Waals surface area contributed by atoms with E-state index in [1.165, 1.54) is 0 Å². The van der Waals surface area contributed by atoms with Gasteiger partial charge in [0.25, 0.3) is 0 Å². The van der Waals surface area contributed by atoms with Crippen LogP contribution in [0, 0.1) is 0 Å². The molecule has 0 aliphatic heterocycles. The van der Waals surface area contributed by atoms with Crippen molar-refractivity contribution in [1.29, 1.82) is 0 Å². The molecule has 0 amide bonds. The Hall–Kier alpha value is -3.44. The van der Waals surface area contributed by atoms with Gasteiger partial charge in [0.15, 0.2) is 5.82 Å². The van der Waals surface area contributed by atoms with Crippen LogP contribution in [0.15, 0.2) is 90.1 Å². The number of nitrogens with one attached hydrogen (secondary N) is 1. The minimum Gasteiger partial charge on any atom is -0.395 e. The van der Waals surface area contributed by atoms with E-state index in [2.05, 4.69) is 34.7 Å². The fourth-order valence-corrected chi connectivity index (χ4v) is 3.00. The molecule has 0 aliphatic rings. The Bertz CT molecular complexity index is 1010. The third-order valence-corrected chi connectivity index (χ3v) is 4.24. The second kappa shape index (κ2) is 7.85. The SMILES string of the molecule is OCCNc1cc(N=C(c2ccccc2)c2ccccc2)n2nccc2c1. The first-order valence-corrected chi connectivity index (χ1v) is 8.87. The standard InChI is InChI=1S/C22H20N4O/c27-14-13-23-19-15-20-11-12-24-26(20)21(16-19)25-22(17-7-3-1-4-8-17)18-9-5-2-6-10-18/h1-12,15-16,23,27H,13-14H2. The third-order valence-electron chi connectivity index (χ3n) is 4.24. The molecule has 0 fully saturated rings. The van der Waals surface area contributed by atoms with Crippen molar-refractivity contribution in [1.82, 2.24) is 9.61 Å². The molecular weight excluding hydrogens is 336 g/mol. The van der Waals surface area contributed by atoms with Crippen molar-refractivity contribution in [3.05, 3.63) is 96.2 Å². The number of pyridine rings is 1. The number of aliphatic hydroxyl groups is 1. The molecule has 2 aromatic carbocycles. The van der Waals surface area contributed by atoms with Crippen molar-refractivity contribution in [3.63, 3.8) is 0 Å². The van der Waals surface area contributed by atoms with E-state index in [0.717, 1.165) is 33.9 Å². The minimum absolute atomic E-state index is 0.0717. The van der Waals surface area contributed by atoms with Gasteiger partial charge < -0.3 is 10.4 Å². The number of nitrogens with zero attached hydrogens (tertiary/aromatic N) is 3. The second-order valence-electron chi connectivity index (χ2n) is 6.11. The molecule has 0 unspecified atom stereocenters. The molecule has 0 aliphatic carbocycles. The van der Waals surface area contributed by atoms with Gasteiger partial charge in [-0.15, -0.1) is 0 Å². The summed E-state index contributed by atoms with van der Waals surface area (Å²) < 4.78 is 1.82. The zero-order valence-corrected chi connectivity index (χ0v) is 14.8. The first-order chi connectivity index (χ1) is 13.3. The molecule has 5 heteroatoms. The highest BCUT2D eigenvalue weighted by atomic mass is 16.3. The van der Waals surface area contributed by atoms with E-state index in [0.29, 0.717) is 6.54 Å². The van der Waals surface area contributed by atoms with Gasteiger partial charge in [-0.3, -0.25) is 0 Å². The van der Waals surface area contributed by atoms with Crippen molar-refractivity contribution in [2.24, 2.45) is 4.99 Å². The van der Waals surface area contributed by atoms with Crippen molar-refractivity contribution in [2.75, 3.05) is 18.5 Å². The Morgan fingerprint density at radius 1 is 0.926 bits per heavy atom. The van der Waals surface area contributed by atoms with Gasteiger partial charge in [0, 0.05) is 29.4 Å². The Morgan fingerprint density at radius 3 is 2.22 bits per heavy atom. The molecule has 0 saturated carbocycles. The van der Waals surface area contributed by atoms with Crippen molar-refractivity contribution >= 4 is 22.7 Å². The van der Waals surface area contributed by atoms with Crippen LogP contribution < -0.4 is 5.32 Å². The average Bonchev–Trinajstić information content (AvgIpc) is 3.20. The number of hydrogen-bond donors (Lipinski definition) is 2. The van der Waals surface area contributed by atoms with Crippen LogP contribution >= 0.6 is 0 Å². The Balaban J connectivity index is 1.89. The van der Waals surface area contributed by atoms with E-state index in [9.17, 15) is 0 Å². The number of fused-ring (bicyclic) bond motifs is 1. The number of benzene rings is 2. The minimum atomic E-state index is 0.0717. The summed E-state index contributed by atoms with van der Waals surface area (Å²) in [4.78, 5) is 4.98. The summed E-state index contributed by atoms with van der Waals surface area (Å²) in [5.41, 5.74) is 4.80. The summed E-state index contributed by atoms with van der Waals surface area (Å²) in [6.07, 6.45) is 1.76. The first kappa shape index (κ1) is 17.0. The van der Waals surface area contributed by atoms with Gasteiger partial charge in [-0.1, -0.05) is 60.7 Å². The van der Waals surface area contributed by atoms with E-state index in [1.807, 2.05) is 59.1 Å². The van der Waals surface area contributed by atoms with E-state index >= 15 is 0 Å². The lowest BCUT2D eigenvalue weighted by atomic mass is 10.0. The van der Waals surface area contributed by atoms with Crippen molar-refractivity contribution < 1.29 is 5.11 Å². The second-order valence-corrected chi connectivity index (χ2v) is 6.11. The average molecular weight is 356 g/mol. The fourth-order valence-electron chi connectivity index (χ4n) is 3.00. The summed E-state index contributed by atoms with van der Waals surface area (Å²) in [7, 11) is 0. The molecule has 2 N–H and O–H groups in total. The van der Waals surface area contributed by atoms with Crippen LogP contribution in [0.5, 0.6) is 0 Å². The molecule has 27 heavy (non-hydrogen) atoms. The summed E-state index contributed by atoms with van der Waals surface area (Å²) in [5, 5.41) is 16.7. The van der Waals surface area contributed by atoms with Gasteiger partial charge in [0.2, 0.25) is 0 Å². The van der Waals surface area contributed by atoms with E-state index in [4.69, 9.17) is 10.1 Å². The molecule has 0 atom stereocenters. The zero-order chi connectivity index (χ0) is 18.5. The lowest BCUT2D eigenvalue weighted by Gasteiger charge is -2.11. The monoisotopic (exact) mass is 356 g/mol. The van der Waals surface area contributed by atoms with Crippen LogP contribution in [0.1, 0.15) is 11.1 Å². The number of aliphatic imine (C=N–C) groups is 1. The predicted molar refractivity (Wildman–Crippen MR) is 109 cm³/mol. The molecule has 4 rings (SSSR count). The largest absolute Gasteiger partial charge is 0.395 e. The molecular formula is C22H20N4O. The smallest absolute Gasteiger partial charge is 0.156 e. The maximum atomic E-state index is 9.11. The summed E-state index contributed by atoms with van der Waals surface area (Å²) >= 11 is 0. The van der Waals surface area contributed by atoms with Crippen molar-refractivity contribution in [3.8, 4) is 0 Å². The molecule has 2 aromatic heterocycles. The molecule has 134 valence electrons. The maximum Gasteiger partial charge on any atom is 0.156 e. The maximum absolute atomic E-state index is 9.11. The molecule has 0 saturated heterocycles. The predicted octanol–water partition coefficient (Wildman–Crippen LogP) is 3.91. The Morgan fingerprint density at radius 2 is 1.59 bits per heavy atom. The molecule has 0 bridgehead atoms. The molecule has 5 nitrogen and oxygen atoms in total. The van der Waals surface area contributed by atoms with E-state index < -0.39 is 0 Å². The van der Waals surface area contributed by atoms with Crippen LogP contribution in [-0.4, -0.2) is 33.6 Å². The lowest BCUT2D eigenvalue weighted by Crippen LogP contribution is -2.07. The molecule has 0 radical (unpaired) electrons. The fraction of sp³-hybridized carbons (Fsp3) is 0.0909. The summed E-state index contributed by atoms with van der Waals surface area (Å²) in [5.74, 6) is 0.723. The molecule has 4 aromatic rings. The normalized spacial score (nSPS) is 10.7. The van der Waals surface area contributed by atoms with Gasteiger partial charge in [-0.05, 0) is 12.1 Å². The van der Waals surface area contributed by atoms with Crippen LogP contribution in [-0.2, 0) is 0 Å². The number of aliphatic hydroxyl groups excluding tert-OH is 1. The Kier molecular flexibility index (Phi) is 4.94. The molecule has 2 heterocycles. The van der Waals surface area contributed by atoms with Gasteiger partial charge >= 0.3 is 0 Å². The van der Waals surface area contributed by atoms with Gasteiger partial charge in [0.1, 0.15) is 0 Å². The number of anilines is 1. The lowest BCUT2D eigenvalue weighted by molar-refractivity contribution is 0.311. The highest BCUT2D eigenvalue weighted by molar-refractivity contribution is 6.13. The summed E-state index contributed by atoms with van der Waals surface area (Å²) in [6.45, 7) is 0.556. The van der Waals surface area contributed by atoms with Crippen LogP contribution in [0.3, 0.4) is 0 Å². The van der Waals surface area contributed by atoms with Crippen LogP contribution in [0.25, 0.3) is 5.52 Å². The first-order valence-electron chi connectivity index (χ1n) is 8.87. The van der Waals surface area contributed by atoms with E-state index in [-0.39, 0.29) is 6.61 Å². The Labute approximate surface area is 157 Å². The van der Waals surface area contributed by atoms with Gasteiger partial charge in [0.05, 0.1) is 24.0 Å². The highest BCUT2D eigenvalue weighted by Crippen LogP contribution is 2.24. The molecule has 0 spiro atoms. The van der Waals surface area contributed by atoms with E-state index in [1.54, 1.807) is 6.20 Å². The summed E-state index contributed by atoms with van der Waals surface area (Å²) in [6, 6.07) is 26.1. The topological polar surface area (TPSA) is 61.9 Å². The number of rotatable bonds is 6. The van der Waals surface area contributed by atoms with Gasteiger partial charge in [-0.25, -0.2) is 9.51 Å². The third kappa shape index (κ3) is 3.73. The zero-order valence-electron chi connectivity index (χ0n) is 14.8. The van der Waals surface area contributed by atoms with Gasteiger partial charge in [-0.2, -0.15) is 5.10 Å². The quantitative estimate of drug-likeness (QED) is 0.515. The van der Waals surface area contributed by atoms with Crippen LogP contribution in [0.4, 0.5) is 11.5 Å². The van der Waals surface area contributed by atoms with Crippen LogP contribution in [0.2, 0.25) is 0 Å². The number of aromatic nitrogens is 2. The number of hydrogen-bond acceptors (Lipinski definition) is 4.